The van der Waals surface area contributed by atoms with E-state index >= 15 is 0 Å². The van der Waals surface area contributed by atoms with Gasteiger partial charge < -0.3 is 20.3 Å². The summed E-state index contributed by atoms with van der Waals surface area (Å²) in [6.07, 6.45) is 69.2. The third-order valence-electron chi connectivity index (χ3n) is 14.6. The fourth-order valence-corrected chi connectivity index (χ4v) is 9.81. The molecule has 68 heavy (non-hydrogen) atoms. The zero-order chi connectivity index (χ0) is 49.3. The zero-order valence-corrected chi connectivity index (χ0v) is 46.1. The van der Waals surface area contributed by atoms with E-state index < -0.39 is 12.1 Å². The minimum atomic E-state index is -0.669. The molecule has 0 aromatic heterocycles. The van der Waals surface area contributed by atoms with Crippen LogP contribution in [0.4, 0.5) is 0 Å². The number of hydrogen-bond acceptors (Lipinski definition) is 5. The second-order valence-corrected chi connectivity index (χ2v) is 21.4. The molecule has 0 aromatic rings. The van der Waals surface area contributed by atoms with Crippen LogP contribution in [0.2, 0.25) is 0 Å². The van der Waals surface area contributed by atoms with Crippen LogP contribution < -0.4 is 5.32 Å². The molecule has 0 heterocycles. The maximum Gasteiger partial charge on any atom is 0.305 e. The molecule has 0 aromatic carbocycles. The standard InChI is InChI=1S/C62H121NO5/c1-3-5-7-9-11-13-15-17-19-21-22-23-26-30-34-38-42-46-50-54-60(65)59(58-64)63-61(66)55-51-47-43-39-35-31-27-24-25-29-33-37-41-45-49-53-57-68-62(67)56-52-48-44-40-36-32-28-20-18-16-14-12-10-8-6-4-2/h20,28,59-60,64-65H,3-19,21-27,29-58H2,1-2H3,(H,63,66)/b28-20-. The van der Waals surface area contributed by atoms with Crippen molar-refractivity contribution in [2.75, 3.05) is 13.2 Å². The minimum absolute atomic E-state index is 0.00314. The van der Waals surface area contributed by atoms with E-state index in [9.17, 15) is 19.8 Å². The average Bonchev–Trinajstić information content (AvgIpc) is 3.34. The van der Waals surface area contributed by atoms with Crippen LogP contribution in [0.5, 0.6) is 0 Å². The molecular formula is C62H121NO5. The van der Waals surface area contributed by atoms with Gasteiger partial charge in [0, 0.05) is 12.8 Å². The molecule has 2 atom stereocenters. The molecule has 404 valence electrons. The molecule has 0 aliphatic carbocycles. The van der Waals surface area contributed by atoms with Crippen molar-refractivity contribution in [1.82, 2.24) is 5.32 Å². The lowest BCUT2D eigenvalue weighted by Gasteiger charge is -2.22. The van der Waals surface area contributed by atoms with Gasteiger partial charge in [0.25, 0.3) is 0 Å². The van der Waals surface area contributed by atoms with Crippen molar-refractivity contribution in [2.45, 2.75) is 360 Å². The summed E-state index contributed by atoms with van der Waals surface area (Å²) in [5.41, 5.74) is 0. The van der Waals surface area contributed by atoms with Gasteiger partial charge in [-0.2, -0.15) is 0 Å². The molecule has 0 radical (unpaired) electrons. The molecule has 0 spiro atoms. The Balaban J connectivity index is 3.41. The fourth-order valence-electron chi connectivity index (χ4n) is 9.81. The second kappa shape index (κ2) is 58.2. The first-order valence-corrected chi connectivity index (χ1v) is 30.9. The maximum absolute atomic E-state index is 12.5. The molecule has 3 N–H and O–H groups in total. The van der Waals surface area contributed by atoms with E-state index in [1.807, 2.05) is 0 Å². The van der Waals surface area contributed by atoms with Crippen molar-refractivity contribution >= 4 is 11.9 Å². The number of allylic oxidation sites excluding steroid dienone is 2. The molecule has 0 aliphatic heterocycles. The Morgan fingerprint density at radius 1 is 0.397 bits per heavy atom. The van der Waals surface area contributed by atoms with Crippen LogP contribution in [0, 0.1) is 0 Å². The van der Waals surface area contributed by atoms with E-state index in [-0.39, 0.29) is 18.5 Å². The highest BCUT2D eigenvalue weighted by molar-refractivity contribution is 5.76. The normalized spacial score (nSPS) is 12.6. The van der Waals surface area contributed by atoms with Crippen molar-refractivity contribution in [3.63, 3.8) is 0 Å². The van der Waals surface area contributed by atoms with Crippen LogP contribution in [-0.2, 0) is 14.3 Å². The molecule has 0 bridgehead atoms. The van der Waals surface area contributed by atoms with Gasteiger partial charge in [-0.1, -0.05) is 296 Å². The first-order chi connectivity index (χ1) is 33.5. The predicted octanol–water partition coefficient (Wildman–Crippen LogP) is 19.2. The summed E-state index contributed by atoms with van der Waals surface area (Å²) >= 11 is 0. The van der Waals surface area contributed by atoms with Crippen LogP contribution in [0.25, 0.3) is 0 Å². The topological polar surface area (TPSA) is 95.9 Å². The van der Waals surface area contributed by atoms with Crippen molar-refractivity contribution < 1.29 is 24.5 Å². The van der Waals surface area contributed by atoms with Gasteiger partial charge in [0.05, 0.1) is 25.4 Å². The Labute approximate surface area is 425 Å². The molecular weight excluding hydrogens is 839 g/mol. The summed E-state index contributed by atoms with van der Waals surface area (Å²) in [7, 11) is 0. The molecule has 0 saturated heterocycles. The Morgan fingerprint density at radius 3 is 1.04 bits per heavy atom. The Hall–Kier alpha value is -1.40. The van der Waals surface area contributed by atoms with Crippen LogP contribution in [0.15, 0.2) is 12.2 Å². The fraction of sp³-hybridized carbons (Fsp3) is 0.935. The van der Waals surface area contributed by atoms with Gasteiger partial charge in [-0.15, -0.1) is 0 Å². The monoisotopic (exact) mass is 960 g/mol. The van der Waals surface area contributed by atoms with Crippen molar-refractivity contribution in [3.05, 3.63) is 12.2 Å². The summed E-state index contributed by atoms with van der Waals surface area (Å²) in [6, 6.07) is -0.547. The van der Waals surface area contributed by atoms with Crippen molar-refractivity contribution in [3.8, 4) is 0 Å². The SMILES string of the molecule is CCCCCCCCC/C=C\CCCCCCCC(=O)OCCCCCCCCCCCCCCCCCCC(=O)NC(CO)C(O)CCCCCCCCCCCCCCCCCCCCC. The number of ether oxygens (including phenoxy) is 1. The number of aliphatic hydroxyl groups is 2. The lowest BCUT2D eigenvalue weighted by Crippen LogP contribution is -2.45. The Morgan fingerprint density at radius 2 is 0.691 bits per heavy atom. The number of unbranched alkanes of at least 4 members (excludes halogenated alkanes) is 45. The molecule has 2 unspecified atom stereocenters. The number of esters is 1. The van der Waals surface area contributed by atoms with Crippen molar-refractivity contribution in [1.29, 1.82) is 0 Å². The second-order valence-electron chi connectivity index (χ2n) is 21.4. The molecule has 1 amide bonds. The summed E-state index contributed by atoms with van der Waals surface area (Å²) in [5.74, 6) is -0.0416. The molecule has 0 aliphatic rings. The molecule has 0 saturated carbocycles. The summed E-state index contributed by atoms with van der Waals surface area (Å²) in [6.45, 7) is 4.96. The smallest absolute Gasteiger partial charge is 0.305 e. The quantitative estimate of drug-likeness (QED) is 0.0321. The number of hydrogen-bond donors (Lipinski definition) is 3. The third-order valence-corrected chi connectivity index (χ3v) is 14.6. The summed E-state index contributed by atoms with van der Waals surface area (Å²) in [4.78, 5) is 24.6. The molecule has 0 fully saturated rings. The van der Waals surface area contributed by atoms with Gasteiger partial charge in [-0.3, -0.25) is 9.59 Å². The largest absolute Gasteiger partial charge is 0.466 e. The maximum atomic E-state index is 12.5. The Kier molecular flexibility index (Phi) is 57.0. The van der Waals surface area contributed by atoms with E-state index in [0.717, 1.165) is 44.9 Å². The average molecular weight is 961 g/mol. The van der Waals surface area contributed by atoms with E-state index in [0.29, 0.717) is 25.9 Å². The highest BCUT2D eigenvalue weighted by Gasteiger charge is 2.20. The number of carbonyl (C=O) groups is 2. The highest BCUT2D eigenvalue weighted by Crippen LogP contribution is 2.18. The van der Waals surface area contributed by atoms with Gasteiger partial charge in [0.15, 0.2) is 0 Å². The first-order valence-electron chi connectivity index (χ1n) is 30.9. The van der Waals surface area contributed by atoms with Gasteiger partial charge in [0.1, 0.15) is 0 Å². The van der Waals surface area contributed by atoms with E-state index in [4.69, 9.17) is 4.74 Å². The number of carbonyl (C=O) groups excluding carboxylic acids is 2. The van der Waals surface area contributed by atoms with E-state index in [1.54, 1.807) is 0 Å². The molecule has 6 heteroatoms. The van der Waals surface area contributed by atoms with Crippen LogP contribution >= 0.6 is 0 Å². The lowest BCUT2D eigenvalue weighted by atomic mass is 10.0. The zero-order valence-electron chi connectivity index (χ0n) is 46.1. The van der Waals surface area contributed by atoms with Crippen LogP contribution in [0.3, 0.4) is 0 Å². The first kappa shape index (κ1) is 66.6. The lowest BCUT2D eigenvalue weighted by molar-refractivity contribution is -0.143. The van der Waals surface area contributed by atoms with Crippen molar-refractivity contribution in [2.24, 2.45) is 0 Å². The minimum Gasteiger partial charge on any atom is -0.466 e. The summed E-state index contributed by atoms with van der Waals surface area (Å²) in [5, 5.41) is 23.3. The number of nitrogens with one attached hydrogen (secondary N) is 1. The summed E-state index contributed by atoms with van der Waals surface area (Å²) < 4.78 is 5.48. The molecule has 0 rings (SSSR count). The van der Waals surface area contributed by atoms with E-state index in [2.05, 4.69) is 31.3 Å². The highest BCUT2D eigenvalue weighted by atomic mass is 16.5. The van der Waals surface area contributed by atoms with Gasteiger partial charge in [0.2, 0.25) is 5.91 Å². The third kappa shape index (κ3) is 53.9. The predicted molar refractivity (Wildman–Crippen MR) is 297 cm³/mol. The van der Waals surface area contributed by atoms with Crippen LogP contribution in [-0.4, -0.2) is 47.4 Å². The van der Waals surface area contributed by atoms with Gasteiger partial charge in [-0.05, 0) is 51.4 Å². The van der Waals surface area contributed by atoms with E-state index in [1.165, 1.54) is 270 Å². The van der Waals surface area contributed by atoms with Gasteiger partial charge >= 0.3 is 5.97 Å². The Bertz CT molecular complexity index is 1020. The number of amides is 1. The van der Waals surface area contributed by atoms with Gasteiger partial charge in [-0.25, -0.2) is 0 Å². The van der Waals surface area contributed by atoms with Crippen LogP contribution in [0.1, 0.15) is 348 Å². The number of rotatable bonds is 58. The molecule has 6 nitrogen and oxygen atoms in total. The number of aliphatic hydroxyl groups excluding tert-OH is 2.